The van der Waals surface area contributed by atoms with Crippen molar-refractivity contribution in [1.82, 2.24) is 4.98 Å². The summed E-state index contributed by atoms with van der Waals surface area (Å²) in [6, 6.07) is 14.7. The van der Waals surface area contributed by atoms with Gasteiger partial charge in [-0.3, -0.25) is 4.79 Å². The number of anilines is 1. The normalized spacial score (nSPS) is 11.4. The average molecular weight is 375 g/mol. The van der Waals surface area contributed by atoms with Crippen LogP contribution in [0.25, 0.3) is 11.5 Å². The van der Waals surface area contributed by atoms with E-state index in [-0.39, 0.29) is 5.89 Å². The number of nitrogens with zero attached hydrogens (tertiary/aromatic N) is 1. The second-order valence-corrected chi connectivity index (χ2v) is 5.75. The Labute approximate surface area is 153 Å². The van der Waals surface area contributed by atoms with Gasteiger partial charge in [0.2, 0.25) is 11.7 Å². The quantitative estimate of drug-likeness (QED) is 0.703. The lowest BCUT2D eigenvalue weighted by atomic mass is 10.1. The molecular formula is C19H16F3N3O2. The first-order valence-electron chi connectivity index (χ1n) is 8.12. The molecule has 140 valence electrons. The number of halogens is 3. The first-order valence-corrected chi connectivity index (χ1v) is 8.12. The van der Waals surface area contributed by atoms with E-state index in [0.29, 0.717) is 24.2 Å². The van der Waals surface area contributed by atoms with Gasteiger partial charge in [0, 0.05) is 11.3 Å². The van der Waals surface area contributed by atoms with Gasteiger partial charge in [-0.05, 0) is 42.8 Å². The van der Waals surface area contributed by atoms with Gasteiger partial charge in [-0.15, -0.1) is 0 Å². The van der Waals surface area contributed by atoms with Crippen molar-refractivity contribution < 1.29 is 22.4 Å². The molecular weight excluding hydrogens is 359 g/mol. The number of aromatic nitrogens is 1. The molecule has 3 rings (SSSR count). The Morgan fingerprint density at radius 1 is 1.07 bits per heavy atom. The van der Waals surface area contributed by atoms with Gasteiger partial charge in [0.25, 0.3) is 5.91 Å². The van der Waals surface area contributed by atoms with Gasteiger partial charge in [-0.1, -0.05) is 30.3 Å². The van der Waals surface area contributed by atoms with Crippen LogP contribution in [0.5, 0.6) is 0 Å². The Bertz CT molecular complexity index is 920. The van der Waals surface area contributed by atoms with Crippen LogP contribution in [0.4, 0.5) is 18.9 Å². The summed E-state index contributed by atoms with van der Waals surface area (Å²) >= 11 is 0. The van der Waals surface area contributed by atoms with E-state index in [9.17, 15) is 18.0 Å². The Kier molecular flexibility index (Phi) is 5.27. The Morgan fingerprint density at radius 2 is 1.74 bits per heavy atom. The molecule has 0 unspecified atom stereocenters. The highest BCUT2D eigenvalue weighted by molar-refractivity contribution is 6.04. The van der Waals surface area contributed by atoms with Crippen LogP contribution in [0.15, 0.2) is 59.0 Å². The van der Waals surface area contributed by atoms with Crippen LogP contribution in [0.1, 0.15) is 21.8 Å². The second-order valence-electron chi connectivity index (χ2n) is 5.75. The minimum absolute atomic E-state index is 0.272. The largest absolute Gasteiger partial charge is 0.452 e. The molecule has 5 nitrogen and oxygen atoms in total. The molecule has 0 aliphatic heterocycles. The third kappa shape index (κ3) is 4.35. The summed E-state index contributed by atoms with van der Waals surface area (Å²) in [6.07, 6.45) is -4.19. The number of rotatable bonds is 5. The Morgan fingerprint density at radius 3 is 2.33 bits per heavy atom. The van der Waals surface area contributed by atoms with Crippen molar-refractivity contribution in [3.05, 3.63) is 71.6 Å². The molecule has 0 fully saturated rings. The van der Waals surface area contributed by atoms with E-state index >= 15 is 0 Å². The van der Waals surface area contributed by atoms with Gasteiger partial charge in [0.1, 0.15) is 0 Å². The molecule has 0 bridgehead atoms. The predicted molar refractivity (Wildman–Crippen MR) is 94.1 cm³/mol. The molecule has 0 atom stereocenters. The lowest BCUT2D eigenvalue weighted by Gasteiger charge is -2.07. The van der Waals surface area contributed by atoms with Crippen LogP contribution in [0.2, 0.25) is 0 Å². The first-order chi connectivity index (χ1) is 12.9. The van der Waals surface area contributed by atoms with Crippen molar-refractivity contribution in [1.29, 1.82) is 0 Å². The highest BCUT2D eigenvalue weighted by Crippen LogP contribution is 2.35. The maximum atomic E-state index is 13.3. The molecule has 0 saturated heterocycles. The lowest BCUT2D eigenvalue weighted by molar-refractivity contribution is -0.153. The molecule has 2 aromatic carbocycles. The number of carbonyl (C=O) groups excluding carboxylic acids is 1. The highest BCUT2D eigenvalue weighted by atomic mass is 19.4. The van der Waals surface area contributed by atoms with Gasteiger partial charge < -0.3 is 15.5 Å². The summed E-state index contributed by atoms with van der Waals surface area (Å²) in [7, 11) is 0. The Balaban J connectivity index is 1.90. The average Bonchev–Trinajstić information content (AvgIpc) is 3.10. The molecule has 0 aliphatic rings. The van der Waals surface area contributed by atoms with Crippen molar-refractivity contribution in [2.24, 2.45) is 5.73 Å². The fourth-order valence-corrected chi connectivity index (χ4v) is 2.48. The van der Waals surface area contributed by atoms with Crippen molar-refractivity contribution in [2.45, 2.75) is 12.6 Å². The summed E-state index contributed by atoms with van der Waals surface area (Å²) in [5, 5.41) is 2.41. The monoisotopic (exact) mass is 375 g/mol. The number of alkyl halides is 3. The van der Waals surface area contributed by atoms with E-state index in [0.717, 1.165) is 5.56 Å². The fraction of sp³-hybridized carbons (Fsp3) is 0.158. The number of hydrogen-bond donors (Lipinski definition) is 2. The van der Waals surface area contributed by atoms with Crippen LogP contribution in [-0.2, 0) is 12.6 Å². The van der Waals surface area contributed by atoms with Crippen LogP contribution in [-0.4, -0.2) is 17.4 Å². The molecule has 0 saturated carbocycles. The lowest BCUT2D eigenvalue weighted by Crippen LogP contribution is -2.18. The van der Waals surface area contributed by atoms with E-state index in [1.165, 1.54) is 0 Å². The van der Waals surface area contributed by atoms with Gasteiger partial charge in [0.15, 0.2) is 5.69 Å². The summed E-state index contributed by atoms with van der Waals surface area (Å²) in [5.74, 6) is -2.70. The molecule has 0 radical (unpaired) electrons. The molecule has 1 amide bonds. The molecule has 1 aromatic heterocycles. The number of nitrogens with one attached hydrogen (secondary N) is 1. The minimum Gasteiger partial charge on any atom is -0.431 e. The number of hydrogen-bond acceptors (Lipinski definition) is 4. The van der Waals surface area contributed by atoms with Crippen LogP contribution >= 0.6 is 0 Å². The van der Waals surface area contributed by atoms with Gasteiger partial charge in [0.05, 0.1) is 0 Å². The van der Waals surface area contributed by atoms with Crippen LogP contribution in [0, 0.1) is 0 Å². The van der Waals surface area contributed by atoms with Gasteiger partial charge in [-0.25, -0.2) is 4.98 Å². The maximum Gasteiger partial charge on any atom is 0.452 e. The SMILES string of the molecule is NCCc1ccc(NC(=O)c2nc(-c3ccccc3)oc2C(F)(F)F)cc1. The van der Waals surface area contributed by atoms with Crippen LogP contribution in [0.3, 0.4) is 0 Å². The summed E-state index contributed by atoms with van der Waals surface area (Å²) < 4.78 is 44.7. The minimum atomic E-state index is -4.85. The number of nitrogens with two attached hydrogens (primary N) is 1. The molecule has 3 N–H and O–H groups in total. The zero-order valence-corrected chi connectivity index (χ0v) is 14.1. The van der Waals surface area contributed by atoms with Crippen LogP contribution < -0.4 is 11.1 Å². The van der Waals surface area contributed by atoms with Gasteiger partial charge >= 0.3 is 6.18 Å². The molecule has 8 heteroatoms. The third-order valence-electron chi connectivity index (χ3n) is 3.77. The molecule has 27 heavy (non-hydrogen) atoms. The van der Waals surface area contributed by atoms with E-state index in [4.69, 9.17) is 10.2 Å². The molecule has 0 spiro atoms. The van der Waals surface area contributed by atoms with E-state index in [2.05, 4.69) is 10.3 Å². The molecule has 3 aromatic rings. The summed E-state index contributed by atoms with van der Waals surface area (Å²) in [6.45, 7) is 0.474. The van der Waals surface area contributed by atoms with E-state index in [1.54, 1.807) is 54.6 Å². The summed E-state index contributed by atoms with van der Waals surface area (Å²) in [4.78, 5) is 16.2. The number of carbonyl (C=O) groups is 1. The highest BCUT2D eigenvalue weighted by Gasteiger charge is 2.42. The first kappa shape index (κ1) is 18.7. The smallest absolute Gasteiger partial charge is 0.431 e. The fourth-order valence-electron chi connectivity index (χ4n) is 2.48. The zero-order valence-electron chi connectivity index (χ0n) is 14.1. The van der Waals surface area contributed by atoms with Gasteiger partial charge in [-0.2, -0.15) is 13.2 Å². The number of amides is 1. The molecule has 0 aliphatic carbocycles. The maximum absolute atomic E-state index is 13.3. The van der Waals surface area contributed by atoms with Crippen molar-refractivity contribution >= 4 is 11.6 Å². The van der Waals surface area contributed by atoms with E-state index < -0.39 is 23.5 Å². The van der Waals surface area contributed by atoms with E-state index in [1.807, 2.05) is 0 Å². The standard InChI is InChI=1S/C19H16F3N3O2/c20-19(21,22)16-15(25-18(27-16)13-4-2-1-3-5-13)17(26)24-14-8-6-12(7-9-14)10-11-23/h1-9H,10-11,23H2,(H,24,26). The number of oxazole rings is 1. The third-order valence-corrected chi connectivity index (χ3v) is 3.77. The van der Waals surface area contributed by atoms with Crippen molar-refractivity contribution in [3.63, 3.8) is 0 Å². The second kappa shape index (κ2) is 7.63. The predicted octanol–water partition coefficient (Wildman–Crippen LogP) is 4.11. The Hall–Kier alpha value is -3.13. The van der Waals surface area contributed by atoms with Crippen molar-refractivity contribution in [3.8, 4) is 11.5 Å². The zero-order chi connectivity index (χ0) is 19.4. The van der Waals surface area contributed by atoms with Crippen molar-refractivity contribution in [2.75, 3.05) is 11.9 Å². The topological polar surface area (TPSA) is 81.1 Å². The summed E-state index contributed by atoms with van der Waals surface area (Å²) in [5.41, 5.74) is 6.30. The molecule has 1 heterocycles. The number of benzene rings is 2.